The van der Waals surface area contributed by atoms with E-state index in [2.05, 4.69) is 0 Å². The molecule has 0 atom stereocenters. The Morgan fingerprint density at radius 2 is 2.00 bits per heavy atom. The first-order valence-electron chi connectivity index (χ1n) is 2.21. The standard InChI is InChI=1S/C6H5FO.K/c7-5-2-1-3-6(8)4-5;/h1-4,8H;/q;+1/p-1. The molecule has 1 nitrogen and oxygen atoms in total. The van der Waals surface area contributed by atoms with Gasteiger partial charge in [0, 0.05) is 0 Å². The molecule has 0 aliphatic carbocycles. The Labute approximate surface area is 95.3 Å². The summed E-state index contributed by atoms with van der Waals surface area (Å²) in [6.07, 6.45) is 0. The molecule has 0 saturated carbocycles. The molecule has 0 radical (unpaired) electrons. The van der Waals surface area contributed by atoms with Crippen LogP contribution in [-0.2, 0) is 0 Å². The van der Waals surface area contributed by atoms with Gasteiger partial charge >= 0.3 is 51.4 Å². The van der Waals surface area contributed by atoms with E-state index < -0.39 is 5.82 Å². The van der Waals surface area contributed by atoms with E-state index in [9.17, 15) is 9.50 Å². The molecule has 0 aliphatic heterocycles. The fourth-order valence-corrected chi connectivity index (χ4v) is 0.467. The van der Waals surface area contributed by atoms with E-state index >= 15 is 0 Å². The summed E-state index contributed by atoms with van der Waals surface area (Å²) in [5.41, 5.74) is 0. The van der Waals surface area contributed by atoms with Crippen molar-refractivity contribution in [1.82, 2.24) is 0 Å². The van der Waals surface area contributed by atoms with Crippen molar-refractivity contribution in [3.63, 3.8) is 0 Å². The Bertz CT molecular complexity index is 173. The Balaban J connectivity index is 0.000000640. The van der Waals surface area contributed by atoms with Gasteiger partial charge in [-0.25, -0.2) is 4.39 Å². The molecule has 1 aromatic carbocycles. The summed E-state index contributed by atoms with van der Waals surface area (Å²) >= 11 is 0. The number of halogens is 1. The summed E-state index contributed by atoms with van der Waals surface area (Å²) in [6.45, 7) is 0. The number of benzene rings is 1. The molecule has 0 N–H and O–H groups in total. The third-order valence-electron chi connectivity index (χ3n) is 0.796. The quantitative estimate of drug-likeness (QED) is 0.389. The van der Waals surface area contributed by atoms with Crippen LogP contribution in [0.5, 0.6) is 5.75 Å². The van der Waals surface area contributed by atoms with Gasteiger partial charge in [0.15, 0.2) is 0 Å². The second-order valence-corrected chi connectivity index (χ2v) is 1.46. The predicted molar refractivity (Wildman–Crippen MR) is 25.8 cm³/mol. The first-order valence-corrected chi connectivity index (χ1v) is 2.21. The van der Waals surface area contributed by atoms with E-state index in [1.807, 2.05) is 0 Å². The van der Waals surface area contributed by atoms with Crippen molar-refractivity contribution in [2.45, 2.75) is 0 Å². The summed E-state index contributed by atoms with van der Waals surface area (Å²) in [7, 11) is 0. The number of hydrogen-bond acceptors (Lipinski definition) is 1. The third kappa shape index (κ3) is 3.32. The predicted octanol–water partition coefficient (Wildman–Crippen LogP) is -2.10. The van der Waals surface area contributed by atoms with Crippen LogP contribution in [0.25, 0.3) is 0 Å². The fourth-order valence-electron chi connectivity index (χ4n) is 0.467. The largest absolute Gasteiger partial charge is 1.00 e. The van der Waals surface area contributed by atoms with Gasteiger partial charge in [-0.05, 0) is 12.1 Å². The summed E-state index contributed by atoms with van der Waals surface area (Å²) < 4.78 is 12.0. The maximum Gasteiger partial charge on any atom is 1.00 e. The van der Waals surface area contributed by atoms with Gasteiger partial charge in [0.05, 0.1) is 0 Å². The van der Waals surface area contributed by atoms with Gasteiger partial charge in [0.25, 0.3) is 0 Å². The minimum Gasteiger partial charge on any atom is -0.872 e. The zero-order valence-corrected chi connectivity index (χ0v) is 8.22. The van der Waals surface area contributed by atoms with Crippen molar-refractivity contribution in [3.8, 4) is 5.75 Å². The van der Waals surface area contributed by atoms with Gasteiger partial charge in [0.1, 0.15) is 5.82 Å². The molecule has 0 fully saturated rings. The molecule has 1 rings (SSSR count). The summed E-state index contributed by atoms with van der Waals surface area (Å²) in [5, 5.41) is 10.3. The van der Waals surface area contributed by atoms with E-state index in [1.165, 1.54) is 18.2 Å². The first kappa shape index (κ1) is 9.59. The molecule has 0 aromatic heterocycles. The van der Waals surface area contributed by atoms with Crippen molar-refractivity contribution >= 4 is 0 Å². The molecule has 1 aromatic rings. The summed E-state index contributed by atoms with van der Waals surface area (Å²) in [4.78, 5) is 0. The number of rotatable bonds is 0. The maximum absolute atomic E-state index is 12.0. The van der Waals surface area contributed by atoms with Gasteiger partial charge in [-0.2, -0.15) is 0 Å². The molecule has 42 valence electrons. The SMILES string of the molecule is [K+].[O-]c1cccc(F)c1. The smallest absolute Gasteiger partial charge is 0.872 e. The van der Waals surface area contributed by atoms with Gasteiger partial charge in [-0.15, -0.1) is 5.75 Å². The third-order valence-corrected chi connectivity index (χ3v) is 0.796. The van der Waals surface area contributed by atoms with Crippen molar-refractivity contribution in [1.29, 1.82) is 0 Å². The van der Waals surface area contributed by atoms with Crippen LogP contribution in [0.3, 0.4) is 0 Å². The van der Waals surface area contributed by atoms with Crippen LogP contribution in [0.1, 0.15) is 0 Å². The average molecular weight is 150 g/mol. The monoisotopic (exact) mass is 150 g/mol. The Kier molecular flexibility index (Phi) is 4.70. The molecule has 0 heterocycles. The molecular formula is C6H4FKO. The molecule has 0 aliphatic rings. The van der Waals surface area contributed by atoms with Crippen molar-refractivity contribution in [2.75, 3.05) is 0 Å². The Morgan fingerprint density at radius 1 is 1.33 bits per heavy atom. The maximum atomic E-state index is 12.0. The normalized spacial score (nSPS) is 8.11. The fraction of sp³-hybridized carbons (Fsp3) is 0. The van der Waals surface area contributed by atoms with Crippen LogP contribution in [0.2, 0.25) is 0 Å². The van der Waals surface area contributed by atoms with Crippen molar-refractivity contribution in [2.24, 2.45) is 0 Å². The van der Waals surface area contributed by atoms with E-state index in [-0.39, 0.29) is 57.1 Å². The van der Waals surface area contributed by atoms with Gasteiger partial charge in [-0.1, -0.05) is 12.1 Å². The van der Waals surface area contributed by atoms with E-state index in [4.69, 9.17) is 0 Å². The van der Waals surface area contributed by atoms with Crippen LogP contribution in [0.15, 0.2) is 24.3 Å². The number of hydrogen-bond donors (Lipinski definition) is 0. The van der Waals surface area contributed by atoms with E-state index in [0.29, 0.717) is 0 Å². The zero-order chi connectivity index (χ0) is 5.98. The van der Waals surface area contributed by atoms with Crippen LogP contribution in [-0.4, -0.2) is 0 Å². The Hall–Kier alpha value is 0.586. The molecule has 0 bridgehead atoms. The first-order chi connectivity index (χ1) is 3.79. The zero-order valence-electron chi connectivity index (χ0n) is 5.10. The molecular weight excluding hydrogens is 146 g/mol. The van der Waals surface area contributed by atoms with Crippen molar-refractivity contribution < 1.29 is 60.9 Å². The van der Waals surface area contributed by atoms with Gasteiger partial charge in [0.2, 0.25) is 0 Å². The summed E-state index contributed by atoms with van der Waals surface area (Å²) in [6, 6.07) is 4.88. The second-order valence-electron chi connectivity index (χ2n) is 1.46. The molecule has 0 saturated heterocycles. The average Bonchev–Trinajstić information content (AvgIpc) is 1.64. The topological polar surface area (TPSA) is 23.1 Å². The Morgan fingerprint density at radius 3 is 2.33 bits per heavy atom. The summed E-state index contributed by atoms with van der Waals surface area (Å²) in [5.74, 6) is -0.762. The van der Waals surface area contributed by atoms with Crippen molar-refractivity contribution in [3.05, 3.63) is 30.1 Å². The van der Waals surface area contributed by atoms with Crippen LogP contribution in [0.4, 0.5) is 4.39 Å². The molecule has 3 heteroatoms. The van der Waals surface area contributed by atoms with E-state index in [0.717, 1.165) is 6.07 Å². The minimum atomic E-state index is -0.475. The second kappa shape index (κ2) is 4.41. The van der Waals surface area contributed by atoms with E-state index in [1.54, 1.807) is 0 Å². The molecule has 0 spiro atoms. The molecule has 9 heavy (non-hydrogen) atoms. The van der Waals surface area contributed by atoms with Gasteiger partial charge < -0.3 is 5.11 Å². The van der Waals surface area contributed by atoms with Crippen LogP contribution in [0, 0.1) is 5.82 Å². The minimum absolute atomic E-state index is 0. The van der Waals surface area contributed by atoms with Gasteiger partial charge in [-0.3, -0.25) is 0 Å². The molecule has 0 amide bonds. The van der Waals surface area contributed by atoms with Crippen LogP contribution >= 0.6 is 0 Å². The van der Waals surface area contributed by atoms with Crippen LogP contribution < -0.4 is 56.5 Å². The molecule has 0 unspecified atom stereocenters.